The number of rotatable bonds is 4. The number of methoxy groups -OCH3 is 2. The van der Waals surface area contributed by atoms with Crippen molar-refractivity contribution in [2.45, 2.75) is 31.3 Å². The van der Waals surface area contributed by atoms with E-state index >= 15 is 0 Å². The normalized spacial score (nSPS) is 33.9. The van der Waals surface area contributed by atoms with Gasteiger partial charge >= 0.3 is 11.9 Å². The van der Waals surface area contributed by atoms with Crippen LogP contribution in [0.1, 0.15) is 19.3 Å². The van der Waals surface area contributed by atoms with E-state index in [-0.39, 0.29) is 23.6 Å². The molecule has 0 aromatic carbocycles. The van der Waals surface area contributed by atoms with Crippen LogP contribution in [0.4, 0.5) is 0 Å². The number of hydrogen-bond donors (Lipinski definition) is 0. The highest BCUT2D eigenvalue weighted by molar-refractivity contribution is 6.14. The molecule has 112 valence electrons. The largest absolute Gasteiger partial charge is 0.465 e. The molecular formula is C15H18N2O4. The fourth-order valence-electron chi connectivity index (χ4n) is 3.02. The number of fused-ring (bicyclic) bond motifs is 2. The summed E-state index contributed by atoms with van der Waals surface area (Å²) in [7, 11) is 2.51. The fourth-order valence-corrected chi connectivity index (χ4v) is 3.02. The van der Waals surface area contributed by atoms with E-state index < -0.39 is 11.9 Å². The molecule has 0 saturated heterocycles. The van der Waals surface area contributed by atoms with Crippen molar-refractivity contribution in [3.05, 3.63) is 23.3 Å². The molecule has 0 radical (unpaired) electrons. The lowest BCUT2D eigenvalue weighted by Gasteiger charge is -2.03. The van der Waals surface area contributed by atoms with Gasteiger partial charge in [0.15, 0.2) is 0 Å². The second kappa shape index (κ2) is 5.42. The third-order valence-corrected chi connectivity index (χ3v) is 4.32. The van der Waals surface area contributed by atoms with Crippen LogP contribution in [0.25, 0.3) is 0 Å². The predicted molar refractivity (Wildman–Crippen MR) is 73.5 cm³/mol. The van der Waals surface area contributed by atoms with Gasteiger partial charge in [-0.3, -0.25) is 0 Å². The summed E-state index contributed by atoms with van der Waals surface area (Å²) in [5.41, 5.74) is 1.29. The van der Waals surface area contributed by atoms with Crippen LogP contribution in [0.3, 0.4) is 0 Å². The molecule has 0 aromatic rings. The minimum atomic E-state index is -0.647. The van der Waals surface area contributed by atoms with Crippen LogP contribution >= 0.6 is 0 Å². The Kier molecular flexibility index (Phi) is 3.61. The minimum Gasteiger partial charge on any atom is -0.465 e. The van der Waals surface area contributed by atoms with Crippen LogP contribution in [-0.4, -0.2) is 38.2 Å². The lowest BCUT2D eigenvalue weighted by Crippen LogP contribution is -2.16. The number of esters is 2. The average molecular weight is 290 g/mol. The fraction of sp³-hybridized carbons (Fsp3) is 0.600. The summed E-state index contributed by atoms with van der Waals surface area (Å²) in [6.45, 7) is 0. The standard InChI is InChI=1S/C15H18N2O4/c1-20-14(18)11(15(19)21-2)7-9-5-8(9)6-10-12-3-4-13(10)17-16-12/h6-9,12-13H,3-5H2,1-2H3/t8-,9+,12-,13+/m1/s1. The Balaban J connectivity index is 1.69. The van der Waals surface area contributed by atoms with E-state index in [0.29, 0.717) is 5.92 Å². The number of ether oxygens (including phenoxy) is 2. The minimum absolute atomic E-state index is 0.0188. The van der Waals surface area contributed by atoms with Gasteiger partial charge in [-0.2, -0.15) is 10.2 Å². The van der Waals surface area contributed by atoms with Gasteiger partial charge in [-0.25, -0.2) is 9.59 Å². The van der Waals surface area contributed by atoms with Gasteiger partial charge in [0, 0.05) is 0 Å². The van der Waals surface area contributed by atoms with E-state index in [1.165, 1.54) is 19.8 Å². The van der Waals surface area contributed by atoms with Gasteiger partial charge in [0.1, 0.15) is 5.57 Å². The first-order chi connectivity index (χ1) is 10.1. The van der Waals surface area contributed by atoms with Crippen LogP contribution in [0.5, 0.6) is 0 Å². The van der Waals surface area contributed by atoms with Crippen LogP contribution in [0, 0.1) is 11.8 Å². The summed E-state index contributed by atoms with van der Waals surface area (Å²) in [6.07, 6.45) is 7.01. The summed E-state index contributed by atoms with van der Waals surface area (Å²) in [4.78, 5) is 23.2. The van der Waals surface area contributed by atoms with Gasteiger partial charge in [0.05, 0.1) is 26.3 Å². The van der Waals surface area contributed by atoms with Gasteiger partial charge in [0.2, 0.25) is 0 Å². The van der Waals surface area contributed by atoms with Crippen LogP contribution in [0.2, 0.25) is 0 Å². The zero-order chi connectivity index (χ0) is 15.0. The third-order valence-electron chi connectivity index (χ3n) is 4.32. The van der Waals surface area contributed by atoms with Crippen LogP contribution < -0.4 is 0 Å². The smallest absolute Gasteiger partial charge is 0.344 e. The average Bonchev–Trinajstić information content (AvgIpc) is 3.00. The molecule has 0 unspecified atom stereocenters. The summed E-state index contributed by atoms with van der Waals surface area (Å²) in [6, 6.07) is 0.529. The molecule has 0 aromatic heterocycles. The van der Waals surface area contributed by atoms with Gasteiger partial charge in [0.25, 0.3) is 0 Å². The quantitative estimate of drug-likeness (QED) is 0.260. The van der Waals surface area contributed by atoms with E-state index in [2.05, 4.69) is 25.8 Å². The molecule has 21 heavy (non-hydrogen) atoms. The lowest BCUT2D eigenvalue weighted by atomic mass is 10.1. The number of hydrogen-bond acceptors (Lipinski definition) is 6. The first kappa shape index (κ1) is 14.0. The monoisotopic (exact) mass is 290 g/mol. The Morgan fingerprint density at radius 2 is 1.62 bits per heavy atom. The molecular weight excluding hydrogens is 272 g/mol. The zero-order valence-electron chi connectivity index (χ0n) is 12.1. The highest BCUT2D eigenvalue weighted by Gasteiger charge is 2.41. The molecule has 2 aliphatic carbocycles. The van der Waals surface area contributed by atoms with E-state index in [4.69, 9.17) is 0 Å². The van der Waals surface area contributed by atoms with E-state index in [1.54, 1.807) is 6.08 Å². The molecule has 6 heteroatoms. The maximum Gasteiger partial charge on any atom is 0.344 e. The maximum atomic E-state index is 11.6. The van der Waals surface area contributed by atoms with Crippen molar-refractivity contribution < 1.29 is 19.1 Å². The highest BCUT2D eigenvalue weighted by atomic mass is 16.5. The molecule has 3 rings (SSSR count). The van der Waals surface area contributed by atoms with Crippen LogP contribution in [-0.2, 0) is 19.1 Å². The molecule has 2 bridgehead atoms. The molecule has 0 N–H and O–H groups in total. The summed E-state index contributed by atoms with van der Waals surface area (Å²) in [5, 5.41) is 8.46. The summed E-state index contributed by atoms with van der Waals surface area (Å²) < 4.78 is 9.25. The molecule has 6 nitrogen and oxygen atoms in total. The number of azo groups is 1. The molecule has 0 spiro atoms. The van der Waals surface area contributed by atoms with Crippen molar-refractivity contribution in [1.82, 2.24) is 0 Å². The van der Waals surface area contributed by atoms with Crippen molar-refractivity contribution >= 4 is 11.9 Å². The predicted octanol–water partition coefficient (Wildman–Crippen LogP) is 1.82. The van der Waals surface area contributed by atoms with Crippen molar-refractivity contribution in [2.75, 3.05) is 14.2 Å². The summed E-state index contributed by atoms with van der Waals surface area (Å²) in [5.74, 6) is -0.751. The number of allylic oxidation sites excluding steroid dienone is 2. The molecule has 1 heterocycles. The number of carbonyl (C=O) groups excluding carboxylic acids is 2. The molecule has 3 aliphatic rings. The third kappa shape index (κ3) is 2.62. The van der Waals surface area contributed by atoms with Gasteiger partial charge in [-0.05, 0) is 36.7 Å². The highest BCUT2D eigenvalue weighted by Crippen LogP contribution is 2.46. The molecule has 2 saturated carbocycles. The Morgan fingerprint density at radius 3 is 2.10 bits per heavy atom. The molecule has 0 amide bonds. The first-order valence-electron chi connectivity index (χ1n) is 7.14. The SMILES string of the molecule is COC(=O)C(=C[C@@H]1C[C@@H]1C=C1[C@@H]2CC[C@H]1N=N2)C(=O)OC. The lowest BCUT2D eigenvalue weighted by molar-refractivity contribution is -0.144. The van der Waals surface area contributed by atoms with Crippen molar-refractivity contribution in [2.24, 2.45) is 22.1 Å². The molecule has 4 atom stereocenters. The second-order valence-electron chi connectivity index (χ2n) is 5.63. The topological polar surface area (TPSA) is 77.3 Å². The van der Waals surface area contributed by atoms with Crippen molar-refractivity contribution in [3.63, 3.8) is 0 Å². The van der Waals surface area contributed by atoms with Crippen molar-refractivity contribution in [3.8, 4) is 0 Å². The van der Waals surface area contributed by atoms with Crippen LogP contribution in [0.15, 0.2) is 33.5 Å². The molecule has 2 fully saturated rings. The second-order valence-corrected chi connectivity index (χ2v) is 5.63. The van der Waals surface area contributed by atoms with Gasteiger partial charge in [-0.1, -0.05) is 12.2 Å². The van der Waals surface area contributed by atoms with E-state index in [1.807, 2.05) is 0 Å². The zero-order valence-corrected chi connectivity index (χ0v) is 12.1. The Bertz CT molecular complexity index is 530. The number of nitrogens with zero attached hydrogens (tertiary/aromatic N) is 2. The molecule has 1 aliphatic heterocycles. The van der Waals surface area contributed by atoms with E-state index in [9.17, 15) is 9.59 Å². The first-order valence-corrected chi connectivity index (χ1v) is 7.14. The van der Waals surface area contributed by atoms with E-state index in [0.717, 1.165) is 19.3 Å². The maximum absolute atomic E-state index is 11.6. The van der Waals surface area contributed by atoms with Gasteiger partial charge < -0.3 is 9.47 Å². The van der Waals surface area contributed by atoms with Crippen molar-refractivity contribution in [1.29, 1.82) is 0 Å². The Labute approximate surface area is 122 Å². The summed E-state index contributed by atoms with van der Waals surface area (Å²) >= 11 is 0. The van der Waals surface area contributed by atoms with Gasteiger partial charge in [-0.15, -0.1) is 0 Å². The Hall–Kier alpha value is -1.98. The Morgan fingerprint density at radius 1 is 1.05 bits per heavy atom. The number of carbonyl (C=O) groups is 2.